The number of fused-ring (bicyclic) bond motifs is 1. The Morgan fingerprint density at radius 3 is 2.79 bits per heavy atom. The van der Waals surface area contributed by atoms with E-state index >= 15 is 0 Å². The third-order valence-corrected chi connectivity index (χ3v) is 3.97. The third-order valence-electron chi connectivity index (χ3n) is 3.97. The van der Waals surface area contributed by atoms with Crippen molar-refractivity contribution in [1.29, 1.82) is 0 Å². The Labute approximate surface area is 136 Å². The van der Waals surface area contributed by atoms with Gasteiger partial charge in [-0.25, -0.2) is 9.50 Å². The van der Waals surface area contributed by atoms with Crippen LogP contribution in [0.2, 0.25) is 0 Å². The van der Waals surface area contributed by atoms with Gasteiger partial charge < -0.3 is 4.90 Å². The maximum absolute atomic E-state index is 13.2. The number of carbonyl (C=O) groups excluding carboxylic acids is 1. The third kappa shape index (κ3) is 2.88. The fourth-order valence-electron chi connectivity index (χ4n) is 2.91. The Morgan fingerprint density at radius 1 is 1.38 bits per heavy atom. The second-order valence-electron chi connectivity index (χ2n) is 5.82. The maximum Gasteiger partial charge on any atom is 0.433 e. The van der Waals surface area contributed by atoms with Gasteiger partial charge in [0, 0.05) is 18.3 Å². The molecule has 3 rings (SSSR count). The Hall–Kier alpha value is -2.38. The molecule has 2 aromatic heterocycles. The van der Waals surface area contributed by atoms with Gasteiger partial charge in [0.2, 0.25) is 0 Å². The Balaban J connectivity index is 2.01. The molecular weight excluding hydrogens is 321 g/mol. The second-order valence-corrected chi connectivity index (χ2v) is 5.82. The van der Waals surface area contributed by atoms with Gasteiger partial charge in [0.15, 0.2) is 11.3 Å². The largest absolute Gasteiger partial charge is 0.433 e. The first-order valence-corrected chi connectivity index (χ1v) is 7.73. The number of carbonyl (C=O) groups is 1. The molecule has 0 aromatic carbocycles. The SMILES string of the molecule is CCC[C@@H]1C=CCN1C(=O)c1cc2nc(C)cc(C(F)(F)F)n2n1. The van der Waals surface area contributed by atoms with Crippen molar-refractivity contribution < 1.29 is 18.0 Å². The predicted octanol–water partition coefficient (Wildman–Crippen LogP) is 3.24. The number of halogens is 3. The zero-order valence-electron chi connectivity index (χ0n) is 13.3. The molecule has 1 aliphatic rings. The standard InChI is InChI=1S/C16H17F3N4O/c1-3-5-11-6-4-7-22(11)15(24)12-9-14-20-10(2)8-13(16(17,18)19)23(14)21-12/h4,6,8-9,11H,3,5,7H2,1-2H3/t11-/m1/s1. The molecule has 1 atom stereocenters. The number of nitrogens with zero attached hydrogens (tertiary/aromatic N) is 4. The Kier molecular flexibility index (Phi) is 4.06. The van der Waals surface area contributed by atoms with Crippen LogP contribution in [0.5, 0.6) is 0 Å². The first kappa shape index (κ1) is 16.5. The molecule has 0 saturated carbocycles. The van der Waals surface area contributed by atoms with E-state index < -0.39 is 11.9 Å². The summed E-state index contributed by atoms with van der Waals surface area (Å²) in [5, 5.41) is 3.87. The van der Waals surface area contributed by atoms with Gasteiger partial charge in [0.1, 0.15) is 5.69 Å². The molecule has 2 aromatic rings. The van der Waals surface area contributed by atoms with E-state index in [1.54, 1.807) is 4.90 Å². The van der Waals surface area contributed by atoms with Crippen molar-refractivity contribution in [3.05, 3.63) is 41.4 Å². The molecule has 8 heteroatoms. The molecule has 0 fully saturated rings. The lowest BCUT2D eigenvalue weighted by atomic mass is 10.1. The van der Waals surface area contributed by atoms with E-state index in [1.165, 1.54) is 13.0 Å². The van der Waals surface area contributed by atoms with Crippen molar-refractivity contribution in [1.82, 2.24) is 19.5 Å². The van der Waals surface area contributed by atoms with E-state index in [0.717, 1.165) is 18.9 Å². The summed E-state index contributed by atoms with van der Waals surface area (Å²) in [5.41, 5.74) is -0.720. The molecule has 3 heterocycles. The number of aryl methyl sites for hydroxylation is 1. The molecule has 0 aliphatic carbocycles. The highest BCUT2D eigenvalue weighted by molar-refractivity contribution is 5.94. The number of aromatic nitrogens is 3. The molecule has 0 unspecified atom stereocenters. The van der Waals surface area contributed by atoms with Crippen LogP contribution < -0.4 is 0 Å². The zero-order chi connectivity index (χ0) is 17.5. The van der Waals surface area contributed by atoms with E-state index in [4.69, 9.17) is 0 Å². The van der Waals surface area contributed by atoms with Gasteiger partial charge in [-0.1, -0.05) is 25.5 Å². The lowest BCUT2D eigenvalue weighted by molar-refractivity contribution is -0.142. The van der Waals surface area contributed by atoms with Crippen LogP contribution in [-0.4, -0.2) is 38.0 Å². The fraction of sp³-hybridized carbons (Fsp3) is 0.438. The van der Waals surface area contributed by atoms with Crippen LogP contribution in [0.25, 0.3) is 5.65 Å². The van der Waals surface area contributed by atoms with E-state index in [9.17, 15) is 18.0 Å². The molecule has 0 bridgehead atoms. The topological polar surface area (TPSA) is 50.5 Å². The van der Waals surface area contributed by atoms with Crippen LogP contribution in [0.15, 0.2) is 24.3 Å². The van der Waals surface area contributed by atoms with Crippen LogP contribution in [0, 0.1) is 6.92 Å². The lowest BCUT2D eigenvalue weighted by Gasteiger charge is -2.23. The van der Waals surface area contributed by atoms with Gasteiger partial charge in [0.05, 0.1) is 6.04 Å². The van der Waals surface area contributed by atoms with Crippen molar-refractivity contribution in [3.8, 4) is 0 Å². The van der Waals surface area contributed by atoms with Gasteiger partial charge in [-0.15, -0.1) is 0 Å². The van der Waals surface area contributed by atoms with Crippen molar-refractivity contribution in [3.63, 3.8) is 0 Å². The van der Waals surface area contributed by atoms with Crippen molar-refractivity contribution in [2.45, 2.75) is 38.9 Å². The minimum absolute atomic E-state index is 0.0184. The second kappa shape index (κ2) is 5.92. The summed E-state index contributed by atoms with van der Waals surface area (Å²) in [6, 6.07) is 2.20. The predicted molar refractivity (Wildman–Crippen MR) is 81.6 cm³/mol. The molecular formula is C16H17F3N4O. The van der Waals surface area contributed by atoms with Crippen LogP contribution in [-0.2, 0) is 6.18 Å². The van der Waals surface area contributed by atoms with Gasteiger partial charge >= 0.3 is 6.18 Å². The molecule has 24 heavy (non-hydrogen) atoms. The van der Waals surface area contributed by atoms with Gasteiger partial charge in [-0.3, -0.25) is 4.79 Å². The molecule has 1 aliphatic heterocycles. The van der Waals surface area contributed by atoms with E-state index in [2.05, 4.69) is 10.1 Å². The van der Waals surface area contributed by atoms with Crippen LogP contribution in [0.3, 0.4) is 0 Å². The quantitative estimate of drug-likeness (QED) is 0.808. The number of hydrogen-bond donors (Lipinski definition) is 0. The van der Waals surface area contributed by atoms with Crippen molar-refractivity contribution >= 4 is 11.6 Å². The average molecular weight is 338 g/mol. The number of alkyl halides is 3. The van der Waals surface area contributed by atoms with Gasteiger partial charge in [-0.05, 0) is 19.4 Å². The molecule has 1 amide bonds. The number of hydrogen-bond acceptors (Lipinski definition) is 3. The van der Waals surface area contributed by atoms with Crippen molar-refractivity contribution in [2.75, 3.05) is 6.54 Å². The fourth-order valence-corrected chi connectivity index (χ4v) is 2.91. The minimum atomic E-state index is -4.57. The van der Waals surface area contributed by atoms with E-state index in [-0.39, 0.29) is 29.0 Å². The van der Waals surface area contributed by atoms with Crippen molar-refractivity contribution in [2.24, 2.45) is 0 Å². The maximum atomic E-state index is 13.2. The van der Waals surface area contributed by atoms with Crippen LogP contribution in [0.1, 0.15) is 41.6 Å². The summed E-state index contributed by atoms with van der Waals surface area (Å²) >= 11 is 0. The van der Waals surface area contributed by atoms with Crippen LogP contribution >= 0.6 is 0 Å². The normalized spacial score (nSPS) is 17.9. The summed E-state index contributed by atoms with van der Waals surface area (Å²) in [4.78, 5) is 18.3. The molecule has 0 spiro atoms. The Morgan fingerprint density at radius 2 is 2.12 bits per heavy atom. The molecule has 5 nitrogen and oxygen atoms in total. The first-order chi connectivity index (χ1) is 11.3. The Bertz CT molecular complexity index is 809. The van der Waals surface area contributed by atoms with E-state index in [0.29, 0.717) is 11.1 Å². The number of rotatable bonds is 3. The molecule has 0 saturated heterocycles. The summed E-state index contributed by atoms with van der Waals surface area (Å²) < 4.78 is 40.2. The minimum Gasteiger partial charge on any atom is -0.327 e. The molecule has 0 N–H and O–H groups in total. The smallest absolute Gasteiger partial charge is 0.327 e. The van der Waals surface area contributed by atoms with Crippen LogP contribution in [0.4, 0.5) is 13.2 Å². The summed E-state index contributed by atoms with van der Waals surface area (Å²) in [7, 11) is 0. The van der Waals surface area contributed by atoms with Gasteiger partial charge in [-0.2, -0.15) is 18.3 Å². The highest BCUT2D eigenvalue weighted by Crippen LogP contribution is 2.30. The summed E-state index contributed by atoms with van der Waals surface area (Å²) in [6.45, 7) is 3.93. The first-order valence-electron chi connectivity index (χ1n) is 7.73. The van der Waals surface area contributed by atoms with E-state index in [1.807, 2.05) is 19.1 Å². The highest BCUT2D eigenvalue weighted by Gasteiger charge is 2.35. The monoisotopic (exact) mass is 338 g/mol. The number of amides is 1. The zero-order valence-corrected chi connectivity index (χ0v) is 13.3. The average Bonchev–Trinajstić information content (AvgIpc) is 3.11. The summed E-state index contributed by atoms with van der Waals surface area (Å²) in [6.07, 6.45) is 0.972. The molecule has 128 valence electrons. The van der Waals surface area contributed by atoms with Gasteiger partial charge in [0.25, 0.3) is 5.91 Å². The highest BCUT2D eigenvalue weighted by atomic mass is 19.4. The lowest BCUT2D eigenvalue weighted by Crippen LogP contribution is -2.36. The molecule has 0 radical (unpaired) electrons. The summed E-state index contributed by atoms with van der Waals surface area (Å²) in [5.74, 6) is -0.380.